The van der Waals surface area contributed by atoms with Crippen LogP contribution in [-0.4, -0.2) is 46.1 Å². The smallest absolute Gasteiger partial charge is 0.0158 e. The van der Waals surface area contributed by atoms with Gasteiger partial charge in [-0.3, -0.25) is 9.80 Å². The molecule has 0 unspecified atom stereocenters. The monoisotopic (exact) mass is 363 g/mol. The quantitative estimate of drug-likeness (QED) is 0.603. The van der Waals surface area contributed by atoms with Crippen LogP contribution in [0, 0.1) is 24.2 Å². The van der Waals surface area contributed by atoms with Crippen LogP contribution in [0.5, 0.6) is 0 Å². The summed E-state index contributed by atoms with van der Waals surface area (Å²) in [4.78, 5) is 5.26. The van der Waals surface area contributed by atoms with Gasteiger partial charge in [0.1, 0.15) is 0 Å². The number of rotatable bonds is 4. The lowest BCUT2D eigenvalue weighted by atomic mass is 9.60. The zero-order valence-corrected chi connectivity index (χ0v) is 19.7. The Labute approximate surface area is 165 Å². The summed E-state index contributed by atoms with van der Waals surface area (Å²) in [6.45, 7) is 21.9. The van der Waals surface area contributed by atoms with Gasteiger partial charge < -0.3 is 0 Å². The minimum Gasteiger partial charge on any atom is -0.296 e. The van der Waals surface area contributed by atoms with Crippen LogP contribution in [0.25, 0.3) is 0 Å². The zero-order chi connectivity index (χ0) is 20.1. The Hall–Kier alpha value is -0.0800. The standard InChI is InChI=1S/C24H47N2/c1-12-13-20(18-14-21(2,3)25(10)22(4,5)15-18)19-16-23(6,7)26(11)24(8,9)17-19/h12,18-20H,13-17H2,1-11H3. The van der Waals surface area contributed by atoms with E-state index in [4.69, 9.17) is 0 Å². The summed E-state index contributed by atoms with van der Waals surface area (Å²) in [7, 11) is 4.66. The number of likely N-dealkylation sites (tertiary alicyclic amines) is 2. The Morgan fingerprint density at radius 2 is 0.962 bits per heavy atom. The highest BCUT2D eigenvalue weighted by molar-refractivity contribution is 5.05. The van der Waals surface area contributed by atoms with Crippen LogP contribution in [0.15, 0.2) is 0 Å². The van der Waals surface area contributed by atoms with Crippen LogP contribution in [0.2, 0.25) is 0 Å². The van der Waals surface area contributed by atoms with E-state index in [1.54, 1.807) is 0 Å². The molecule has 2 aliphatic rings. The molecule has 26 heavy (non-hydrogen) atoms. The second-order valence-corrected chi connectivity index (χ2v) is 12.0. The van der Waals surface area contributed by atoms with E-state index in [0.29, 0.717) is 0 Å². The summed E-state index contributed by atoms with van der Waals surface area (Å²) in [6, 6.07) is 0. The first-order valence-electron chi connectivity index (χ1n) is 10.9. The number of nitrogens with zero attached hydrogens (tertiary/aromatic N) is 2. The van der Waals surface area contributed by atoms with E-state index in [9.17, 15) is 0 Å². The van der Waals surface area contributed by atoms with Crippen LogP contribution in [0.1, 0.15) is 94.4 Å². The average molecular weight is 364 g/mol. The maximum absolute atomic E-state index is 2.63. The number of piperidine rings is 2. The maximum atomic E-state index is 2.63. The first-order chi connectivity index (χ1) is 11.6. The Kier molecular flexibility index (Phi) is 6.04. The molecule has 0 N–H and O–H groups in total. The first kappa shape index (κ1) is 22.2. The normalized spacial score (nSPS) is 30.0. The van der Waals surface area contributed by atoms with Gasteiger partial charge in [-0.25, -0.2) is 0 Å². The molecule has 2 heterocycles. The van der Waals surface area contributed by atoms with E-state index >= 15 is 0 Å². The summed E-state index contributed by atoms with van der Waals surface area (Å²) < 4.78 is 0. The number of hydrogen-bond donors (Lipinski definition) is 0. The summed E-state index contributed by atoms with van der Waals surface area (Å²) in [5.74, 6) is 2.47. The predicted molar refractivity (Wildman–Crippen MR) is 115 cm³/mol. The Balaban J connectivity index is 2.31. The van der Waals surface area contributed by atoms with E-state index in [1.165, 1.54) is 32.1 Å². The van der Waals surface area contributed by atoms with E-state index in [-0.39, 0.29) is 22.2 Å². The van der Waals surface area contributed by atoms with Crippen LogP contribution in [-0.2, 0) is 0 Å². The molecule has 2 saturated heterocycles. The second-order valence-electron chi connectivity index (χ2n) is 12.0. The Bertz CT molecular complexity index is 410. The van der Waals surface area contributed by atoms with Crippen LogP contribution in [0.3, 0.4) is 0 Å². The third kappa shape index (κ3) is 4.17. The van der Waals surface area contributed by atoms with Gasteiger partial charge in [-0.05, 0) is 126 Å². The fourth-order valence-electron chi connectivity index (χ4n) is 6.54. The van der Waals surface area contributed by atoms with Gasteiger partial charge in [-0.1, -0.05) is 6.92 Å². The van der Waals surface area contributed by atoms with Gasteiger partial charge in [0.2, 0.25) is 0 Å². The molecule has 0 bridgehead atoms. The SMILES string of the molecule is C[CH]CC(C1CC(C)(C)N(C)C(C)(C)C1)C1CC(C)(C)N(C)C(C)(C)C1. The predicted octanol–water partition coefficient (Wildman–Crippen LogP) is 6.01. The molecule has 0 aromatic heterocycles. The third-order valence-electron chi connectivity index (χ3n) is 8.40. The van der Waals surface area contributed by atoms with Crippen molar-refractivity contribution in [2.45, 2.75) is 117 Å². The van der Waals surface area contributed by atoms with E-state index in [2.05, 4.69) is 92.6 Å². The lowest BCUT2D eigenvalue weighted by Gasteiger charge is -2.59. The van der Waals surface area contributed by atoms with Gasteiger partial charge in [0.05, 0.1) is 0 Å². The average Bonchev–Trinajstić information content (AvgIpc) is 2.46. The maximum Gasteiger partial charge on any atom is 0.0158 e. The van der Waals surface area contributed by atoms with Crippen LogP contribution < -0.4 is 0 Å². The minimum absolute atomic E-state index is 0.287. The molecule has 0 atom stereocenters. The largest absolute Gasteiger partial charge is 0.296 e. The van der Waals surface area contributed by atoms with Crippen molar-refractivity contribution in [3.63, 3.8) is 0 Å². The minimum atomic E-state index is 0.287. The third-order valence-corrected chi connectivity index (χ3v) is 8.40. The summed E-state index contributed by atoms with van der Waals surface area (Å²) in [6.07, 6.45) is 9.05. The van der Waals surface area contributed by atoms with E-state index < -0.39 is 0 Å². The fraction of sp³-hybridized carbons (Fsp3) is 0.958. The number of hydrogen-bond acceptors (Lipinski definition) is 2. The molecule has 153 valence electrons. The van der Waals surface area contributed by atoms with Crippen molar-refractivity contribution < 1.29 is 0 Å². The molecule has 2 fully saturated rings. The van der Waals surface area contributed by atoms with Crippen molar-refractivity contribution in [3.05, 3.63) is 6.42 Å². The molecular weight excluding hydrogens is 316 g/mol. The molecule has 2 aliphatic heterocycles. The Morgan fingerprint density at radius 1 is 0.692 bits per heavy atom. The highest BCUT2D eigenvalue weighted by Crippen LogP contribution is 2.51. The van der Waals surface area contributed by atoms with Crippen LogP contribution in [0.4, 0.5) is 0 Å². The first-order valence-corrected chi connectivity index (χ1v) is 10.9. The summed E-state index contributed by atoms with van der Waals surface area (Å²) in [5, 5.41) is 0. The van der Waals surface area contributed by atoms with Gasteiger partial charge in [0.25, 0.3) is 0 Å². The van der Waals surface area contributed by atoms with Crippen LogP contribution >= 0.6 is 0 Å². The van der Waals surface area contributed by atoms with Crippen molar-refractivity contribution >= 4 is 0 Å². The molecule has 1 radical (unpaired) electrons. The van der Waals surface area contributed by atoms with Crippen molar-refractivity contribution in [3.8, 4) is 0 Å². The molecule has 0 aromatic carbocycles. The molecule has 0 aliphatic carbocycles. The molecule has 0 spiro atoms. The zero-order valence-electron chi connectivity index (χ0n) is 19.7. The lowest BCUT2D eigenvalue weighted by Crippen LogP contribution is -2.62. The molecule has 0 aromatic rings. The van der Waals surface area contributed by atoms with E-state index in [0.717, 1.165) is 17.8 Å². The summed E-state index contributed by atoms with van der Waals surface area (Å²) in [5.41, 5.74) is 1.15. The van der Waals surface area contributed by atoms with Gasteiger partial charge in [0.15, 0.2) is 0 Å². The second kappa shape index (κ2) is 7.07. The van der Waals surface area contributed by atoms with Crippen molar-refractivity contribution in [2.75, 3.05) is 14.1 Å². The highest BCUT2D eigenvalue weighted by Gasteiger charge is 2.50. The topological polar surface area (TPSA) is 6.48 Å². The Morgan fingerprint density at radius 3 is 1.19 bits per heavy atom. The van der Waals surface area contributed by atoms with Crippen molar-refractivity contribution in [2.24, 2.45) is 17.8 Å². The molecule has 2 rings (SSSR count). The molecule has 2 nitrogen and oxygen atoms in total. The van der Waals surface area contributed by atoms with Crippen molar-refractivity contribution in [1.29, 1.82) is 0 Å². The van der Waals surface area contributed by atoms with Gasteiger partial charge in [0, 0.05) is 22.2 Å². The van der Waals surface area contributed by atoms with Gasteiger partial charge in [-0.15, -0.1) is 0 Å². The molecule has 2 heteroatoms. The lowest BCUT2D eigenvalue weighted by molar-refractivity contribution is -0.0826. The molecule has 0 saturated carbocycles. The van der Waals surface area contributed by atoms with Gasteiger partial charge >= 0.3 is 0 Å². The van der Waals surface area contributed by atoms with Crippen molar-refractivity contribution in [1.82, 2.24) is 9.80 Å². The fourth-order valence-corrected chi connectivity index (χ4v) is 6.54. The summed E-state index contributed by atoms with van der Waals surface area (Å²) >= 11 is 0. The molecular formula is C24H47N2. The highest BCUT2D eigenvalue weighted by atomic mass is 15.2. The van der Waals surface area contributed by atoms with E-state index in [1.807, 2.05) is 0 Å². The molecule has 0 amide bonds. The van der Waals surface area contributed by atoms with Gasteiger partial charge in [-0.2, -0.15) is 0 Å².